The maximum absolute atomic E-state index is 12.7. The second-order valence-corrected chi connectivity index (χ2v) is 6.28. The molecule has 132 valence electrons. The lowest BCUT2D eigenvalue weighted by molar-refractivity contribution is -0.146. The highest BCUT2D eigenvalue weighted by Gasteiger charge is 2.51. The Kier molecular flexibility index (Phi) is 5.45. The number of aliphatic hydroxyl groups excluding tert-OH is 1. The summed E-state index contributed by atoms with van der Waals surface area (Å²) in [6.07, 6.45) is 5.69. The van der Waals surface area contributed by atoms with E-state index in [0.29, 0.717) is 5.69 Å². The Labute approximate surface area is 153 Å². The summed E-state index contributed by atoms with van der Waals surface area (Å²) < 4.78 is 0. The van der Waals surface area contributed by atoms with Gasteiger partial charge in [0.1, 0.15) is 6.04 Å². The van der Waals surface area contributed by atoms with E-state index >= 15 is 0 Å². The molecule has 1 aromatic carbocycles. The molecule has 2 heterocycles. The summed E-state index contributed by atoms with van der Waals surface area (Å²) in [4.78, 5) is 18.4. The predicted molar refractivity (Wildman–Crippen MR) is 99.0 cm³/mol. The van der Waals surface area contributed by atoms with E-state index in [1.807, 2.05) is 49.4 Å². The van der Waals surface area contributed by atoms with Crippen LogP contribution in [0, 0.1) is 11.3 Å². The largest absolute Gasteiger partial charge is 0.394 e. The fourth-order valence-corrected chi connectivity index (χ4v) is 3.62. The van der Waals surface area contributed by atoms with Gasteiger partial charge in [0, 0.05) is 17.8 Å². The molecule has 1 N–H and O–H groups in total. The van der Waals surface area contributed by atoms with Gasteiger partial charge in [0.05, 0.1) is 25.1 Å². The number of amides is 1. The number of carbonyl (C=O) groups is 1. The van der Waals surface area contributed by atoms with E-state index in [-0.39, 0.29) is 24.9 Å². The highest BCUT2D eigenvalue weighted by molar-refractivity contribution is 5.81. The first-order chi connectivity index (χ1) is 12.7. The van der Waals surface area contributed by atoms with Crippen molar-refractivity contribution >= 4 is 12.0 Å². The fourth-order valence-electron chi connectivity index (χ4n) is 3.62. The predicted octanol–water partition coefficient (Wildman–Crippen LogP) is 2.54. The normalized spacial score (nSPS) is 22.0. The number of nitriles is 1. The van der Waals surface area contributed by atoms with Gasteiger partial charge in [0.15, 0.2) is 0 Å². The molecule has 0 unspecified atom stereocenters. The number of pyridine rings is 1. The van der Waals surface area contributed by atoms with Crippen LogP contribution in [0.4, 0.5) is 0 Å². The summed E-state index contributed by atoms with van der Waals surface area (Å²) in [5, 5.41) is 19.6. The average molecular weight is 347 g/mol. The minimum Gasteiger partial charge on any atom is -0.394 e. The third-order valence-electron chi connectivity index (χ3n) is 4.78. The second-order valence-electron chi connectivity index (χ2n) is 6.28. The zero-order valence-corrected chi connectivity index (χ0v) is 14.6. The molecule has 1 amide bonds. The molecule has 1 aliphatic rings. The third kappa shape index (κ3) is 3.24. The molecule has 3 atom stereocenters. The molecule has 3 rings (SSSR count). The third-order valence-corrected chi connectivity index (χ3v) is 4.78. The highest BCUT2D eigenvalue weighted by Crippen LogP contribution is 2.42. The number of hydrogen-bond acceptors (Lipinski definition) is 4. The smallest absolute Gasteiger partial charge is 0.230 e. The van der Waals surface area contributed by atoms with Gasteiger partial charge in [-0.3, -0.25) is 9.78 Å². The molecule has 1 aromatic heterocycles. The first-order valence-electron chi connectivity index (χ1n) is 8.64. The van der Waals surface area contributed by atoms with Crippen molar-refractivity contribution in [3.63, 3.8) is 0 Å². The van der Waals surface area contributed by atoms with Crippen molar-refractivity contribution in [1.29, 1.82) is 5.26 Å². The summed E-state index contributed by atoms with van der Waals surface area (Å²) >= 11 is 0. The van der Waals surface area contributed by atoms with E-state index in [0.717, 1.165) is 11.1 Å². The molecule has 0 aliphatic carbocycles. The SMILES string of the molecule is C/C=C/c1ccccc1[C@H]1[C@@H](C#N)N(C(=O)Cc2ccccn2)[C@@H]1CO. The molecular weight excluding hydrogens is 326 g/mol. The first kappa shape index (κ1) is 17.8. The van der Waals surface area contributed by atoms with Crippen molar-refractivity contribution in [2.45, 2.75) is 31.3 Å². The number of aliphatic hydroxyl groups is 1. The van der Waals surface area contributed by atoms with Gasteiger partial charge in [-0.1, -0.05) is 42.5 Å². The molecule has 0 spiro atoms. The lowest BCUT2D eigenvalue weighted by Crippen LogP contribution is -2.65. The summed E-state index contributed by atoms with van der Waals surface area (Å²) in [6, 6.07) is 14.5. The molecular formula is C21H21N3O2. The Bertz CT molecular complexity index is 842. The van der Waals surface area contributed by atoms with Crippen LogP contribution >= 0.6 is 0 Å². The molecule has 0 radical (unpaired) electrons. The van der Waals surface area contributed by atoms with Crippen molar-refractivity contribution < 1.29 is 9.90 Å². The standard InChI is InChI=1S/C21H21N3O2/c1-2-7-15-8-3-4-10-17(15)21-18(13-22)24(19(21)14-25)20(26)12-16-9-5-6-11-23-16/h2-11,18-19,21,25H,12,14H2,1H3/b7-2+/t18-,19-,21+/m1/s1. The Balaban J connectivity index is 1.87. The quantitative estimate of drug-likeness (QED) is 0.902. The van der Waals surface area contributed by atoms with Crippen LogP contribution in [-0.4, -0.2) is 39.6 Å². The number of nitrogens with zero attached hydrogens (tertiary/aromatic N) is 3. The lowest BCUT2D eigenvalue weighted by atomic mass is 9.74. The van der Waals surface area contributed by atoms with Crippen molar-refractivity contribution in [2.75, 3.05) is 6.61 Å². The molecule has 1 aliphatic heterocycles. The van der Waals surface area contributed by atoms with Gasteiger partial charge in [-0.15, -0.1) is 0 Å². The van der Waals surface area contributed by atoms with Gasteiger partial charge in [-0.2, -0.15) is 5.26 Å². The number of rotatable bonds is 5. The topological polar surface area (TPSA) is 77.2 Å². The van der Waals surface area contributed by atoms with Gasteiger partial charge in [-0.25, -0.2) is 0 Å². The van der Waals surface area contributed by atoms with Crippen LogP contribution in [-0.2, 0) is 11.2 Å². The van der Waals surface area contributed by atoms with E-state index in [2.05, 4.69) is 11.1 Å². The molecule has 26 heavy (non-hydrogen) atoms. The number of benzene rings is 1. The van der Waals surface area contributed by atoms with E-state index in [1.54, 1.807) is 18.3 Å². The number of aromatic nitrogens is 1. The van der Waals surface area contributed by atoms with Gasteiger partial charge in [0.25, 0.3) is 0 Å². The monoisotopic (exact) mass is 347 g/mol. The zero-order valence-electron chi connectivity index (χ0n) is 14.6. The van der Waals surface area contributed by atoms with E-state index in [4.69, 9.17) is 0 Å². The average Bonchev–Trinajstić information content (AvgIpc) is 2.64. The van der Waals surface area contributed by atoms with E-state index in [1.165, 1.54) is 4.90 Å². The fraction of sp³-hybridized carbons (Fsp3) is 0.286. The number of hydrogen-bond donors (Lipinski definition) is 1. The lowest BCUT2D eigenvalue weighted by Gasteiger charge is -2.52. The van der Waals surface area contributed by atoms with Crippen LogP contribution < -0.4 is 0 Å². The second kappa shape index (κ2) is 7.94. The Morgan fingerprint density at radius 1 is 1.31 bits per heavy atom. The van der Waals surface area contributed by atoms with Gasteiger partial charge in [-0.05, 0) is 30.2 Å². The van der Waals surface area contributed by atoms with Crippen LogP contribution in [0.2, 0.25) is 0 Å². The Morgan fingerprint density at radius 2 is 2.08 bits per heavy atom. The van der Waals surface area contributed by atoms with Crippen LogP contribution in [0.15, 0.2) is 54.7 Å². The van der Waals surface area contributed by atoms with Crippen LogP contribution in [0.5, 0.6) is 0 Å². The van der Waals surface area contributed by atoms with Gasteiger partial charge < -0.3 is 10.0 Å². The van der Waals surface area contributed by atoms with E-state index in [9.17, 15) is 15.2 Å². The van der Waals surface area contributed by atoms with Crippen molar-refractivity contribution in [1.82, 2.24) is 9.88 Å². The molecule has 5 heteroatoms. The summed E-state index contributed by atoms with van der Waals surface area (Å²) in [5.74, 6) is -0.390. The number of allylic oxidation sites excluding steroid dienone is 1. The summed E-state index contributed by atoms with van der Waals surface area (Å²) in [7, 11) is 0. The summed E-state index contributed by atoms with van der Waals surface area (Å²) in [5.41, 5.74) is 2.65. The van der Waals surface area contributed by atoms with Crippen LogP contribution in [0.25, 0.3) is 6.08 Å². The molecule has 1 saturated heterocycles. The van der Waals surface area contributed by atoms with Crippen molar-refractivity contribution in [3.8, 4) is 6.07 Å². The Hall–Kier alpha value is -2.97. The van der Waals surface area contributed by atoms with Crippen molar-refractivity contribution in [3.05, 3.63) is 71.6 Å². The van der Waals surface area contributed by atoms with Crippen molar-refractivity contribution in [2.24, 2.45) is 0 Å². The van der Waals surface area contributed by atoms with E-state index < -0.39 is 12.1 Å². The molecule has 0 saturated carbocycles. The number of carbonyl (C=O) groups excluding carboxylic acids is 1. The Morgan fingerprint density at radius 3 is 2.73 bits per heavy atom. The maximum atomic E-state index is 12.7. The molecule has 1 fully saturated rings. The van der Waals surface area contributed by atoms with Gasteiger partial charge >= 0.3 is 0 Å². The maximum Gasteiger partial charge on any atom is 0.230 e. The van der Waals surface area contributed by atoms with Crippen LogP contribution in [0.3, 0.4) is 0 Å². The van der Waals surface area contributed by atoms with Crippen LogP contribution in [0.1, 0.15) is 29.7 Å². The molecule has 5 nitrogen and oxygen atoms in total. The summed E-state index contributed by atoms with van der Waals surface area (Å²) in [6.45, 7) is 1.76. The molecule has 0 bridgehead atoms. The number of likely N-dealkylation sites (tertiary alicyclic amines) is 1. The highest BCUT2D eigenvalue weighted by atomic mass is 16.3. The molecule has 2 aromatic rings. The zero-order chi connectivity index (χ0) is 18.5. The minimum absolute atomic E-state index is 0.124. The van der Waals surface area contributed by atoms with Gasteiger partial charge in [0.2, 0.25) is 5.91 Å². The first-order valence-corrected chi connectivity index (χ1v) is 8.64. The minimum atomic E-state index is -0.588.